The molecule has 0 unspecified atom stereocenters. The number of sulfonamides is 1. The zero-order valence-corrected chi connectivity index (χ0v) is 10.5. The SMILES string of the molecule is NS(=O)(=O)c1cc2c(s1)C1CCN(CC1)C2. The molecule has 0 aromatic carbocycles. The van der Waals surface area contributed by atoms with Crippen LogP contribution in [0.25, 0.3) is 0 Å². The molecule has 1 aromatic rings. The quantitative estimate of drug-likeness (QED) is 0.820. The van der Waals surface area contributed by atoms with Gasteiger partial charge >= 0.3 is 0 Å². The lowest BCUT2D eigenvalue weighted by molar-refractivity contribution is 0.221. The molecule has 0 amide bonds. The molecule has 0 saturated carbocycles. The molecule has 3 aliphatic heterocycles. The Balaban J connectivity index is 2.09. The van der Waals surface area contributed by atoms with Gasteiger partial charge in [-0.05, 0) is 43.5 Å². The maximum Gasteiger partial charge on any atom is 0.247 e. The minimum atomic E-state index is -3.53. The first-order chi connectivity index (χ1) is 7.54. The van der Waals surface area contributed by atoms with Crippen molar-refractivity contribution in [2.75, 3.05) is 13.1 Å². The van der Waals surface area contributed by atoms with E-state index in [1.807, 2.05) is 0 Å². The van der Waals surface area contributed by atoms with Crippen molar-refractivity contribution < 1.29 is 8.42 Å². The summed E-state index contributed by atoms with van der Waals surface area (Å²) < 4.78 is 23.0. The summed E-state index contributed by atoms with van der Waals surface area (Å²) >= 11 is 1.38. The Morgan fingerprint density at radius 2 is 2.06 bits per heavy atom. The van der Waals surface area contributed by atoms with Crippen molar-refractivity contribution >= 4 is 21.4 Å². The normalized spacial score (nSPS) is 28.8. The van der Waals surface area contributed by atoms with Crippen molar-refractivity contribution in [3.05, 3.63) is 16.5 Å². The third-order valence-electron chi connectivity index (χ3n) is 3.45. The van der Waals surface area contributed by atoms with Gasteiger partial charge in [0.25, 0.3) is 0 Å². The van der Waals surface area contributed by atoms with Crippen LogP contribution in [0.1, 0.15) is 29.2 Å². The summed E-state index contributed by atoms with van der Waals surface area (Å²) in [6, 6.07) is 1.77. The number of thiophene rings is 1. The van der Waals surface area contributed by atoms with Crippen LogP contribution in [0.2, 0.25) is 0 Å². The Labute approximate surface area is 99.1 Å². The molecule has 3 aliphatic rings. The summed E-state index contributed by atoms with van der Waals surface area (Å²) in [6.07, 6.45) is 2.30. The number of rotatable bonds is 1. The Bertz CT molecular complexity index is 513. The largest absolute Gasteiger partial charge is 0.299 e. The van der Waals surface area contributed by atoms with E-state index in [4.69, 9.17) is 5.14 Å². The van der Waals surface area contributed by atoms with E-state index < -0.39 is 10.0 Å². The first kappa shape index (κ1) is 10.7. The zero-order chi connectivity index (χ0) is 11.3. The lowest BCUT2D eigenvalue weighted by Crippen LogP contribution is -2.28. The number of hydrogen-bond acceptors (Lipinski definition) is 4. The number of fused-ring (bicyclic) bond motifs is 2. The summed E-state index contributed by atoms with van der Waals surface area (Å²) in [5.41, 5.74) is 1.18. The maximum absolute atomic E-state index is 11.3. The molecule has 4 heterocycles. The average Bonchev–Trinajstić information content (AvgIpc) is 2.50. The summed E-state index contributed by atoms with van der Waals surface area (Å²) in [5.74, 6) is 0.550. The molecule has 2 N–H and O–H groups in total. The molecule has 1 saturated heterocycles. The number of piperidine rings is 1. The van der Waals surface area contributed by atoms with Crippen LogP contribution in [0.3, 0.4) is 0 Å². The molecule has 4 nitrogen and oxygen atoms in total. The van der Waals surface area contributed by atoms with Gasteiger partial charge in [0.2, 0.25) is 10.0 Å². The van der Waals surface area contributed by atoms with Gasteiger partial charge in [0.15, 0.2) is 0 Å². The minimum Gasteiger partial charge on any atom is -0.299 e. The van der Waals surface area contributed by atoms with Gasteiger partial charge in [-0.3, -0.25) is 4.90 Å². The van der Waals surface area contributed by atoms with Gasteiger partial charge < -0.3 is 0 Å². The average molecular weight is 258 g/mol. The van der Waals surface area contributed by atoms with E-state index in [1.165, 1.54) is 21.8 Å². The van der Waals surface area contributed by atoms with E-state index in [1.54, 1.807) is 6.07 Å². The second-order valence-electron chi connectivity index (χ2n) is 4.55. The maximum atomic E-state index is 11.3. The van der Waals surface area contributed by atoms with E-state index in [0.717, 1.165) is 32.5 Å². The molecule has 0 spiro atoms. The summed E-state index contributed by atoms with van der Waals surface area (Å²) in [7, 11) is -3.53. The Kier molecular flexibility index (Phi) is 2.36. The van der Waals surface area contributed by atoms with E-state index in [9.17, 15) is 8.42 Å². The van der Waals surface area contributed by atoms with Crippen molar-refractivity contribution in [3.63, 3.8) is 0 Å². The molecular formula is C10H14N2O2S2. The van der Waals surface area contributed by atoms with Crippen LogP contribution in [0, 0.1) is 0 Å². The lowest BCUT2D eigenvalue weighted by Gasteiger charge is -2.26. The number of nitrogens with zero attached hydrogens (tertiary/aromatic N) is 1. The molecule has 2 bridgehead atoms. The van der Waals surface area contributed by atoms with Crippen LogP contribution in [0.5, 0.6) is 0 Å². The highest BCUT2D eigenvalue weighted by Gasteiger charge is 2.30. The highest BCUT2D eigenvalue weighted by atomic mass is 32.2. The highest BCUT2D eigenvalue weighted by molar-refractivity contribution is 7.91. The first-order valence-corrected chi connectivity index (χ1v) is 7.78. The van der Waals surface area contributed by atoms with E-state index in [0.29, 0.717) is 10.1 Å². The van der Waals surface area contributed by atoms with Gasteiger partial charge in [-0.2, -0.15) is 0 Å². The highest BCUT2D eigenvalue weighted by Crippen LogP contribution is 2.41. The Morgan fingerprint density at radius 1 is 1.38 bits per heavy atom. The molecule has 1 aromatic heterocycles. The fourth-order valence-corrected chi connectivity index (χ4v) is 4.74. The second-order valence-corrected chi connectivity index (χ2v) is 7.42. The number of primary sulfonamides is 1. The second kappa shape index (κ2) is 3.53. The van der Waals surface area contributed by atoms with Crippen molar-refractivity contribution in [1.82, 2.24) is 4.90 Å². The lowest BCUT2D eigenvalue weighted by atomic mass is 9.96. The molecule has 0 atom stereocenters. The Hall–Kier alpha value is -0.430. The predicted octanol–water partition coefficient (Wildman–Crippen LogP) is 1.09. The number of hydrogen-bond donors (Lipinski definition) is 1. The number of nitrogens with two attached hydrogens (primary N) is 1. The molecular weight excluding hydrogens is 244 g/mol. The molecule has 0 aliphatic carbocycles. The Morgan fingerprint density at radius 3 is 2.69 bits per heavy atom. The van der Waals surface area contributed by atoms with Crippen molar-refractivity contribution in [3.8, 4) is 0 Å². The summed E-state index contributed by atoms with van der Waals surface area (Å²) in [4.78, 5) is 3.64. The molecule has 88 valence electrons. The smallest absolute Gasteiger partial charge is 0.247 e. The molecule has 16 heavy (non-hydrogen) atoms. The van der Waals surface area contributed by atoms with Crippen molar-refractivity contribution in [1.29, 1.82) is 0 Å². The van der Waals surface area contributed by atoms with Gasteiger partial charge in [0, 0.05) is 11.4 Å². The van der Waals surface area contributed by atoms with Crippen LogP contribution in [-0.2, 0) is 16.6 Å². The van der Waals surface area contributed by atoms with Crippen molar-refractivity contribution in [2.45, 2.75) is 29.5 Å². The third-order valence-corrected chi connectivity index (χ3v) is 6.21. The molecule has 1 fully saturated rings. The molecule has 0 radical (unpaired) electrons. The van der Waals surface area contributed by atoms with Crippen molar-refractivity contribution in [2.24, 2.45) is 5.14 Å². The van der Waals surface area contributed by atoms with Crippen LogP contribution in [0.4, 0.5) is 0 Å². The predicted molar refractivity (Wildman–Crippen MR) is 62.9 cm³/mol. The van der Waals surface area contributed by atoms with Gasteiger partial charge in [-0.15, -0.1) is 11.3 Å². The van der Waals surface area contributed by atoms with E-state index in [2.05, 4.69) is 4.90 Å². The minimum absolute atomic E-state index is 0.325. The molecule has 6 heteroatoms. The van der Waals surface area contributed by atoms with Crippen LogP contribution < -0.4 is 5.14 Å². The van der Waals surface area contributed by atoms with Crippen LogP contribution in [0.15, 0.2) is 10.3 Å². The van der Waals surface area contributed by atoms with Gasteiger partial charge in [0.1, 0.15) is 4.21 Å². The fourth-order valence-electron chi connectivity index (χ4n) is 2.62. The standard InChI is InChI=1S/C10H14N2O2S2/c11-16(13,14)9-5-8-6-12-3-1-7(2-4-12)10(8)15-9/h5,7H,1-4,6H2,(H2,11,13,14). The van der Waals surface area contributed by atoms with Gasteiger partial charge in [0.05, 0.1) is 0 Å². The zero-order valence-electron chi connectivity index (χ0n) is 8.85. The third kappa shape index (κ3) is 1.69. The summed E-state index contributed by atoms with van der Waals surface area (Å²) in [6.45, 7) is 3.16. The van der Waals surface area contributed by atoms with Gasteiger partial charge in [-0.1, -0.05) is 0 Å². The summed E-state index contributed by atoms with van der Waals surface area (Å²) in [5, 5.41) is 5.18. The molecule has 4 rings (SSSR count). The van der Waals surface area contributed by atoms with E-state index in [-0.39, 0.29) is 0 Å². The topological polar surface area (TPSA) is 63.4 Å². The fraction of sp³-hybridized carbons (Fsp3) is 0.600. The van der Waals surface area contributed by atoms with Crippen LogP contribution in [-0.4, -0.2) is 26.4 Å². The van der Waals surface area contributed by atoms with Gasteiger partial charge in [-0.25, -0.2) is 13.6 Å². The first-order valence-electron chi connectivity index (χ1n) is 5.42. The van der Waals surface area contributed by atoms with E-state index >= 15 is 0 Å². The van der Waals surface area contributed by atoms with Crippen LogP contribution >= 0.6 is 11.3 Å². The monoisotopic (exact) mass is 258 g/mol.